The van der Waals surface area contributed by atoms with E-state index in [1.54, 1.807) is 24.3 Å². The fourth-order valence-electron chi connectivity index (χ4n) is 1.67. The lowest BCUT2D eigenvalue weighted by atomic mass is 9.99. The molecule has 2 aromatic rings. The summed E-state index contributed by atoms with van der Waals surface area (Å²) in [5.41, 5.74) is 8.60. The summed E-state index contributed by atoms with van der Waals surface area (Å²) in [7, 11) is 0. The first kappa shape index (κ1) is 11.9. The SMILES string of the molecule is Cc1cc(Br)ccc1C(=O)c1ccc(N)cc1. The average molecular weight is 290 g/mol. The number of anilines is 1. The first-order valence-electron chi connectivity index (χ1n) is 5.24. The smallest absolute Gasteiger partial charge is 0.193 e. The standard InChI is InChI=1S/C14H12BrNO/c1-9-8-11(15)4-7-13(9)14(17)10-2-5-12(16)6-3-10/h2-8H,16H2,1H3. The molecule has 0 fully saturated rings. The van der Waals surface area contributed by atoms with E-state index >= 15 is 0 Å². The molecule has 86 valence electrons. The van der Waals surface area contributed by atoms with Crippen LogP contribution in [0.3, 0.4) is 0 Å². The maximum atomic E-state index is 12.2. The van der Waals surface area contributed by atoms with Gasteiger partial charge in [-0.05, 0) is 55.0 Å². The number of carbonyl (C=O) groups excluding carboxylic acids is 1. The molecule has 0 radical (unpaired) electrons. The summed E-state index contributed by atoms with van der Waals surface area (Å²) in [6.45, 7) is 1.93. The highest BCUT2D eigenvalue weighted by Gasteiger charge is 2.11. The zero-order valence-corrected chi connectivity index (χ0v) is 11.0. The first-order valence-corrected chi connectivity index (χ1v) is 6.03. The normalized spacial score (nSPS) is 10.2. The lowest BCUT2D eigenvalue weighted by molar-refractivity contribution is 0.103. The van der Waals surface area contributed by atoms with Gasteiger partial charge in [0, 0.05) is 21.3 Å². The lowest BCUT2D eigenvalue weighted by Gasteiger charge is -2.05. The van der Waals surface area contributed by atoms with Gasteiger partial charge in [0.25, 0.3) is 0 Å². The molecule has 0 aliphatic carbocycles. The Morgan fingerprint density at radius 3 is 2.35 bits per heavy atom. The summed E-state index contributed by atoms with van der Waals surface area (Å²) in [5.74, 6) is 0.0231. The van der Waals surface area contributed by atoms with Crippen molar-refractivity contribution >= 4 is 27.4 Å². The number of hydrogen-bond acceptors (Lipinski definition) is 2. The van der Waals surface area contributed by atoms with Crippen molar-refractivity contribution in [3.8, 4) is 0 Å². The van der Waals surface area contributed by atoms with Gasteiger partial charge in [-0.1, -0.05) is 15.9 Å². The van der Waals surface area contributed by atoms with Crippen molar-refractivity contribution in [1.29, 1.82) is 0 Å². The van der Waals surface area contributed by atoms with Crippen LogP contribution in [0.25, 0.3) is 0 Å². The number of benzene rings is 2. The van der Waals surface area contributed by atoms with E-state index in [1.165, 1.54) is 0 Å². The van der Waals surface area contributed by atoms with Crippen molar-refractivity contribution in [2.75, 3.05) is 5.73 Å². The second-order valence-electron chi connectivity index (χ2n) is 3.91. The highest BCUT2D eigenvalue weighted by atomic mass is 79.9. The summed E-state index contributed by atoms with van der Waals surface area (Å²) in [6, 6.07) is 12.6. The maximum absolute atomic E-state index is 12.2. The Labute approximate surface area is 109 Å². The van der Waals surface area contributed by atoms with Crippen LogP contribution >= 0.6 is 15.9 Å². The molecule has 0 aliphatic rings. The summed E-state index contributed by atoms with van der Waals surface area (Å²) in [6.07, 6.45) is 0. The van der Waals surface area contributed by atoms with Gasteiger partial charge in [-0.25, -0.2) is 0 Å². The minimum Gasteiger partial charge on any atom is -0.399 e. The van der Waals surface area contributed by atoms with E-state index in [0.29, 0.717) is 11.3 Å². The van der Waals surface area contributed by atoms with Crippen LogP contribution in [0.4, 0.5) is 5.69 Å². The fraction of sp³-hybridized carbons (Fsp3) is 0.0714. The van der Waals surface area contributed by atoms with Gasteiger partial charge in [0.15, 0.2) is 5.78 Å². The highest BCUT2D eigenvalue weighted by Crippen LogP contribution is 2.19. The molecule has 0 heterocycles. The van der Waals surface area contributed by atoms with E-state index in [1.807, 2.05) is 25.1 Å². The highest BCUT2D eigenvalue weighted by molar-refractivity contribution is 9.10. The van der Waals surface area contributed by atoms with Crippen LogP contribution < -0.4 is 5.73 Å². The number of hydrogen-bond donors (Lipinski definition) is 1. The van der Waals surface area contributed by atoms with Gasteiger partial charge in [0.1, 0.15) is 0 Å². The Balaban J connectivity index is 2.40. The Morgan fingerprint density at radius 2 is 1.76 bits per heavy atom. The van der Waals surface area contributed by atoms with Gasteiger partial charge in [-0.3, -0.25) is 4.79 Å². The van der Waals surface area contributed by atoms with Crippen LogP contribution in [-0.4, -0.2) is 5.78 Å². The Morgan fingerprint density at radius 1 is 1.12 bits per heavy atom. The molecule has 2 N–H and O–H groups in total. The van der Waals surface area contributed by atoms with Gasteiger partial charge < -0.3 is 5.73 Å². The molecular formula is C14H12BrNO. The number of halogens is 1. The first-order chi connectivity index (χ1) is 8.08. The molecule has 0 bridgehead atoms. The summed E-state index contributed by atoms with van der Waals surface area (Å²) >= 11 is 3.38. The van der Waals surface area contributed by atoms with Crippen LogP contribution in [-0.2, 0) is 0 Å². The molecule has 0 spiro atoms. The fourth-order valence-corrected chi connectivity index (χ4v) is 2.15. The number of carbonyl (C=O) groups is 1. The zero-order chi connectivity index (χ0) is 12.4. The van der Waals surface area contributed by atoms with Crippen LogP contribution in [0, 0.1) is 6.92 Å². The summed E-state index contributed by atoms with van der Waals surface area (Å²) < 4.78 is 0.976. The lowest BCUT2D eigenvalue weighted by Crippen LogP contribution is -2.03. The summed E-state index contributed by atoms with van der Waals surface area (Å²) in [4.78, 5) is 12.2. The number of nitrogens with two attached hydrogens (primary N) is 1. The van der Waals surface area contributed by atoms with Crippen molar-refractivity contribution < 1.29 is 4.79 Å². The van der Waals surface area contributed by atoms with Crippen LogP contribution in [0.2, 0.25) is 0 Å². The maximum Gasteiger partial charge on any atom is 0.193 e. The second-order valence-corrected chi connectivity index (χ2v) is 4.83. The molecule has 0 aromatic heterocycles. The molecule has 2 rings (SSSR count). The van der Waals surface area contributed by atoms with Crippen molar-refractivity contribution in [1.82, 2.24) is 0 Å². The number of ketones is 1. The summed E-state index contributed by atoms with van der Waals surface area (Å²) in [5, 5.41) is 0. The van der Waals surface area contributed by atoms with E-state index in [0.717, 1.165) is 15.6 Å². The molecule has 0 amide bonds. The molecule has 0 saturated carbocycles. The van der Waals surface area contributed by atoms with Crippen LogP contribution in [0.15, 0.2) is 46.9 Å². The minimum atomic E-state index is 0.0231. The second kappa shape index (κ2) is 4.72. The molecule has 0 aliphatic heterocycles. The molecule has 2 aromatic carbocycles. The number of rotatable bonds is 2. The predicted octanol–water partition coefficient (Wildman–Crippen LogP) is 3.57. The average Bonchev–Trinajstić information content (AvgIpc) is 2.29. The Bertz CT molecular complexity index is 561. The van der Waals surface area contributed by atoms with E-state index in [4.69, 9.17) is 5.73 Å². The van der Waals surface area contributed by atoms with Crippen LogP contribution in [0.1, 0.15) is 21.5 Å². The molecule has 3 heteroatoms. The molecule has 17 heavy (non-hydrogen) atoms. The van der Waals surface area contributed by atoms with Crippen LogP contribution in [0.5, 0.6) is 0 Å². The van der Waals surface area contributed by atoms with E-state index < -0.39 is 0 Å². The third-order valence-electron chi connectivity index (χ3n) is 2.61. The number of nitrogen functional groups attached to an aromatic ring is 1. The van der Waals surface area contributed by atoms with Crippen molar-refractivity contribution in [2.24, 2.45) is 0 Å². The van der Waals surface area contributed by atoms with Gasteiger partial charge >= 0.3 is 0 Å². The van der Waals surface area contributed by atoms with E-state index in [9.17, 15) is 4.79 Å². The van der Waals surface area contributed by atoms with E-state index in [2.05, 4.69) is 15.9 Å². The largest absolute Gasteiger partial charge is 0.399 e. The van der Waals surface area contributed by atoms with Gasteiger partial charge in [-0.15, -0.1) is 0 Å². The van der Waals surface area contributed by atoms with E-state index in [-0.39, 0.29) is 5.78 Å². The monoisotopic (exact) mass is 289 g/mol. The Hall–Kier alpha value is -1.61. The van der Waals surface area contributed by atoms with Crippen molar-refractivity contribution in [3.63, 3.8) is 0 Å². The quantitative estimate of drug-likeness (QED) is 0.678. The third kappa shape index (κ3) is 2.56. The molecular weight excluding hydrogens is 278 g/mol. The van der Waals surface area contributed by atoms with Gasteiger partial charge in [0.05, 0.1) is 0 Å². The molecule has 0 atom stereocenters. The topological polar surface area (TPSA) is 43.1 Å². The molecule has 2 nitrogen and oxygen atoms in total. The molecule has 0 unspecified atom stereocenters. The third-order valence-corrected chi connectivity index (χ3v) is 3.10. The Kier molecular flexibility index (Phi) is 3.29. The predicted molar refractivity (Wildman–Crippen MR) is 73.2 cm³/mol. The number of aryl methyl sites for hydroxylation is 1. The molecule has 0 saturated heterocycles. The van der Waals surface area contributed by atoms with Gasteiger partial charge in [-0.2, -0.15) is 0 Å². The van der Waals surface area contributed by atoms with Crippen molar-refractivity contribution in [2.45, 2.75) is 6.92 Å². The van der Waals surface area contributed by atoms with Crippen molar-refractivity contribution in [3.05, 3.63) is 63.6 Å². The van der Waals surface area contributed by atoms with Gasteiger partial charge in [0.2, 0.25) is 0 Å². The minimum absolute atomic E-state index is 0.0231. The zero-order valence-electron chi connectivity index (χ0n) is 9.41.